The summed E-state index contributed by atoms with van der Waals surface area (Å²) in [6.07, 6.45) is 0. The molecule has 1 N–H and O–H groups in total. The Kier molecular flexibility index (Phi) is 2.66. The van der Waals surface area contributed by atoms with Crippen LogP contribution >= 0.6 is 0 Å². The minimum absolute atomic E-state index is 0.436. The minimum atomic E-state index is -0.553. The van der Waals surface area contributed by atoms with Gasteiger partial charge in [0.2, 0.25) is 0 Å². The summed E-state index contributed by atoms with van der Waals surface area (Å²) < 4.78 is 11.8. The molecule has 0 aromatic heterocycles. The van der Waals surface area contributed by atoms with Crippen LogP contribution in [0.25, 0.3) is 12.2 Å². The van der Waals surface area contributed by atoms with Crippen molar-refractivity contribution in [2.45, 2.75) is 12.8 Å². The van der Waals surface area contributed by atoms with Crippen molar-refractivity contribution in [3.63, 3.8) is 0 Å². The van der Waals surface area contributed by atoms with Gasteiger partial charge in [0, 0.05) is 0 Å². The zero-order valence-electron chi connectivity index (χ0n) is 10.8. The number of hydrogen-bond donors (Lipinski definition) is 1. The van der Waals surface area contributed by atoms with Gasteiger partial charge in [0.05, 0.1) is 13.0 Å². The van der Waals surface area contributed by atoms with E-state index in [0.29, 0.717) is 0 Å². The highest BCUT2D eigenvalue weighted by Crippen LogP contribution is 2.25. The molecule has 0 radical (unpaired) electrons. The number of fused-ring (bicyclic) bond motifs is 1. The van der Waals surface area contributed by atoms with Crippen LogP contribution in [-0.4, -0.2) is 18.2 Å². The molecule has 3 nitrogen and oxygen atoms in total. The second-order valence-electron chi connectivity index (χ2n) is 4.01. The highest BCUT2D eigenvalue weighted by Gasteiger charge is 2.13. The summed E-state index contributed by atoms with van der Waals surface area (Å²) >= 11 is 0. The lowest BCUT2D eigenvalue weighted by atomic mass is 9.98. The molecule has 3 heteroatoms. The molecule has 2 aromatic carbocycles. The maximum absolute atomic E-state index is 11.3. The Balaban J connectivity index is 2.42. The van der Waals surface area contributed by atoms with Gasteiger partial charge in [-0.1, -0.05) is 24.3 Å². The molecule has 0 unspecified atom stereocenters. The van der Waals surface area contributed by atoms with Crippen molar-refractivity contribution in [3.8, 4) is 5.75 Å². The summed E-state index contributed by atoms with van der Waals surface area (Å²) in [5.41, 5.74) is 0.838. The molecule has 0 bridgehead atoms. The number of hydrogen-bond acceptors (Lipinski definition) is 3. The van der Waals surface area contributed by atoms with E-state index >= 15 is 0 Å². The molecular formula is C14H14O3. The Bertz CT molecular complexity index is 580. The molecule has 0 heterocycles. The van der Waals surface area contributed by atoms with Crippen molar-refractivity contribution in [2.75, 3.05) is 7.11 Å². The smallest absolute Gasteiger partial charge is 0.310 e. The summed E-state index contributed by atoms with van der Waals surface area (Å²) in [5.74, 6) is -0.189. The van der Waals surface area contributed by atoms with Crippen LogP contribution < -0.4 is 4.74 Å². The van der Waals surface area contributed by atoms with E-state index < -0.39 is 11.9 Å². The number of benzene rings is 2. The van der Waals surface area contributed by atoms with E-state index in [0.717, 1.165) is 22.1 Å². The maximum Gasteiger partial charge on any atom is 0.310 e. The predicted molar refractivity (Wildman–Crippen MR) is 66.6 cm³/mol. The third kappa shape index (κ3) is 2.23. The molecule has 0 aliphatic heterocycles. The summed E-state index contributed by atoms with van der Waals surface area (Å²) in [6.45, 7) is 1.72. The summed E-state index contributed by atoms with van der Waals surface area (Å²) in [6, 6.07) is 11.5. The van der Waals surface area contributed by atoms with Gasteiger partial charge in [-0.05, 0) is 35.4 Å². The van der Waals surface area contributed by atoms with E-state index in [-0.39, 0.29) is 0 Å². The van der Waals surface area contributed by atoms with Gasteiger partial charge < -0.3 is 9.85 Å². The second-order valence-corrected chi connectivity index (χ2v) is 4.01. The zero-order valence-corrected chi connectivity index (χ0v) is 9.77. The van der Waals surface area contributed by atoms with E-state index in [9.17, 15) is 4.79 Å². The molecule has 0 fully saturated rings. The molecule has 0 saturated carbocycles. The minimum Gasteiger partial charge on any atom is -0.497 e. The average molecular weight is 232 g/mol. The van der Waals surface area contributed by atoms with Crippen LogP contribution in [0.3, 0.4) is 0 Å². The van der Waals surface area contributed by atoms with Gasteiger partial charge in [0.25, 0.3) is 1.43 Å². The van der Waals surface area contributed by atoms with Crippen LogP contribution in [0.15, 0.2) is 36.4 Å². The van der Waals surface area contributed by atoms with Gasteiger partial charge in [-0.25, -0.2) is 0 Å². The van der Waals surface area contributed by atoms with Gasteiger partial charge in [-0.15, -0.1) is 0 Å². The molecule has 0 amide bonds. The van der Waals surface area contributed by atoms with Crippen LogP contribution in [0.5, 0.6) is 5.75 Å². The summed E-state index contributed by atoms with van der Waals surface area (Å²) in [5, 5.41) is 6.08. The van der Waals surface area contributed by atoms with Crippen LogP contribution in [0.4, 0.5) is 0 Å². The summed E-state index contributed by atoms with van der Waals surface area (Å²) in [7, 11) is 1.63. The van der Waals surface area contributed by atoms with Crippen LogP contribution in [0, 0.1) is 0 Å². The standard InChI is InChI=1S/C14H14O3/c1-9(14(15)16)10-3-4-12-8-13(17-2)6-5-11(12)7-10/h3-9H,1-2H3,(H,15,16)/t9-/m0/s1/i/hT. The second kappa shape index (κ2) is 4.45. The number of ether oxygens (including phenoxy) is 1. The fourth-order valence-corrected chi connectivity index (χ4v) is 1.77. The molecular weight excluding hydrogens is 216 g/mol. The summed E-state index contributed by atoms with van der Waals surface area (Å²) in [4.78, 5) is 11.3. The van der Waals surface area contributed by atoms with Gasteiger partial charge in [0.1, 0.15) is 5.75 Å². The average Bonchev–Trinajstić information content (AvgIpc) is 2.44. The first-order valence-corrected chi connectivity index (χ1v) is 5.40. The molecule has 17 heavy (non-hydrogen) atoms. The Morgan fingerprint density at radius 1 is 1.29 bits per heavy atom. The lowest BCUT2D eigenvalue weighted by molar-refractivity contribution is -0.138. The van der Waals surface area contributed by atoms with Gasteiger partial charge in [-0.2, -0.15) is 0 Å². The van der Waals surface area contributed by atoms with Crippen molar-refractivity contribution in [1.29, 1.82) is 1.43 Å². The number of methoxy groups -OCH3 is 1. The monoisotopic (exact) mass is 232 g/mol. The molecule has 2 rings (SSSR count). The molecule has 0 saturated heterocycles. The molecule has 0 aliphatic carbocycles. The molecule has 88 valence electrons. The lowest BCUT2D eigenvalue weighted by Crippen LogP contribution is -2.06. The number of carboxylic acid groups (broad SMARTS) is 1. The van der Waals surface area contributed by atoms with E-state index in [1.54, 1.807) is 14.0 Å². The van der Waals surface area contributed by atoms with Crippen molar-refractivity contribution in [3.05, 3.63) is 42.0 Å². The van der Waals surface area contributed by atoms with Crippen LogP contribution in [-0.2, 0) is 4.79 Å². The SMILES string of the molecule is [3H]OC(=O)[C@@H](C)c1ccc2cc(OC)ccc2c1. The topological polar surface area (TPSA) is 46.5 Å². The third-order valence-corrected chi connectivity index (χ3v) is 2.93. The highest BCUT2D eigenvalue weighted by molar-refractivity contribution is 5.86. The Hall–Kier alpha value is -2.03. The number of rotatable bonds is 3. The quantitative estimate of drug-likeness (QED) is 0.884. The van der Waals surface area contributed by atoms with Crippen LogP contribution in [0.1, 0.15) is 18.4 Å². The van der Waals surface area contributed by atoms with Crippen molar-refractivity contribution >= 4 is 16.7 Å². The molecule has 0 aliphatic rings. The van der Waals surface area contributed by atoms with E-state index in [2.05, 4.69) is 5.11 Å². The Morgan fingerprint density at radius 3 is 2.71 bits per heavy atom. The number of aliphatic carboxylic acids is 1. The van der Waals surface area contributed by atoms with Crippen LogP contribution in [0.2, 0.25) is 0 Å². The largest absolute Gasteiger partial charge is 0.497 e. The zero-order chi connectivity index (χ0) is 13.1. The van der Waals surface area contributed by atoms with Gasteiger partial charge >= 0.3 is 5.97 Å². The first-order chi connectivity index (χ1) is 8.65. The van der Waals surface area contributed by atoms with Crippen molar-refractivity contribution in [1.82, 2.24) is 0 Å². The highest BCUT2D eigenvalue weighted by atomic mass is 16.5. The van der Waals surface area contributed by atoms with Crippen molar-refractivity contribution in [2.24, 2.45) is 0 Å². The Morgan fingerprint density at radius 2 is 2.00 bits per heavy atom. The predicted octanol–water partition coefficient (Wildman–Crippen LogP) is 3.04. The number of carbonyl (C=O) groups is 1. The first-order valence-electron chi connectivity index (χ1n) is 5.81. The number of carboxylic acids is 1. The maximum atomic E-state index is 11.3. The lowest BCUT2D eigenvalue weighted by Gasteiger charge is -2.08. The normalized spacial score (nSPS) is 12.9. The third-order valence-electron chi connectivity index (χ3n) is 2.93. The molecule has 2 aromatic rings. The molecule has 1 atom stereocenters. The Labute approximate surface area is 101 Å². The van der Waals surface area contributed by atoms with Gasteiger partial charge in [-0.3, -0.25) is 4.79 Å². The van der Waals surface area contributed by atoms with E-state index in [4.69, 9.17) is 6.17 Å². The molecule has 0 spiro atoms. The van der Waals surface area contributed by atoms with Gasteiger partial charge in [0.15, 0.2) is 0 Å². The first kappa shape index (κ1) is 10.1. The van der Waals surface area contributed by atoms with E-state index in [1.165, 1.54) is 0 Å². The fraction of sp³-hybridized carbons (Fsp3) is 0.214. The fourth-order valence-electron chi connectivity index (χ4n) is 1.77. The van der Waals surface area contributed by atoms with Crippen molar-refractivity contribution < 1.29 is 14.6 Å². The van der Waals surface area contributed by atoms with E-state index in [1.807, 2.05) is 36.4 Å².